The van der Waals surface area contributed by atoms with E-state index in [0.717, 1.165) is 62.0 Å². The zero-order valence-electron chi connectivity index (χ0n) is 16.8. The van der Waals surface area contributed by atoms with E-state index in [-0.39, 0.29) is 0 Å². The number of aryl methyl sites for hydroxylation is 1. The van der Waals surface area contributed by atoms with Crippen LogP contribution in [0.5, 0.6) is 0 Å². The topological polar surface area (TPSA) is 49.3 Å². The first-order valence-corrected chi connectivity index (χ1v) is 10.6. The maximum atomic E-state index is 12.5. The minimum absolute atomic E-state index is 0.326. The molecule has 0 N–H and O–H groups in total. The Balaban J connectivity index is 1.30. The monoisotopic (exact) mass is 378 g/mol. The molecule has 1 aliphatic heterocycles. The van der Waals surface area contributed by atoms with Gasteiger partial charge in [-0.15, -0.1) is 10.2 Å². The molecular weight excluding hydrogens is 348 g/mol. The fraction of sp³-hybridized carbons (Fsp3) is 0.522. The van der Waals surface area contributed by atoms with Crippen molar-refractivity contribution in [2.75, 3.05) is 31.1 Å². The smallest absolute Gasteiger partial charge is 0.222 e. The van der Waals surface area contributed by atoms with Crippen LogP contribution in [0.4, 0.5) is 5.82 Å². The second-order valence-electron chi connectivity index (χ2n) is 8.15. The van der Waals surface area contributed by atoms with Gasteiger partial charge in [-0.3, -0.25) is 4.79 Å². The third-order valence-corrected chi connectivity index (χ3v) is 6.27. The Kier molecular flexibility index (Phi) is 5.89. The molecule has 1 amide bonds. The van der Waals surface area contributed by atoms with Crippen molar-refractivity contribution in [3.63, 3.8) is 0 Å². The van der Waals surface area contributed by atoms with Gasteiger partial charge in [0.1, 0.15) is 0 Å². The van der Waals surface area contributed by atoms with Crippen LogP contribution in [0.2, 0.25) is 0 Å². The second kappa shape index (κ2) is 8.72. The van der Waals surface area contributed by atoms with E-state index < -0.39 is 0 Å². The molecule has 1 saturated carbocycles. The van der Waals surface area contributed by atoms with Crippen molar-refractivity contribution in [3.8, 4) is 11.3 Å². The van der Waals surface area contributed by atoms with Gasteiger partial charge in [-0.2, -0.15) is 0 Å². The Morgan fingerprint density at radius 1 is 1.00 bits per heavy atom. The van der Waals surface area contributed by atoms with E-state index in [4.69, 9.17) is 0 Å². The maximum absolute atomic E-state index is 12.5. The third kappa shape index (κ3) is 4.34. The molecule has 2 heterocycles. The number of hydrogen-bond donors (Lipinski definition) is 0. The van der Waals surface area contributed by atoms with Crippen molar-refractivity contribution in [1.82, 2.24) is 15.1 Å². The molecule has 1 saturated heterocycles. The average molecular weight is 379 g/mol. The number of hydrogen-bond acceptors (Lipinski definition) is 4. The number of anilines is 1. The lowest BCUT2D eigenvalue weighted by molar-refractivity contribution is -0.131. The van der Waals surface area contributed by atoms with E-state index in [1.165, 1.54) is 31.2 Å². The Morgan fingerprint density at radius 2 is 1.75 bits per heavy atom. The molecule has 0 atom stereocenters. The highest BCUT2D eigenvalue weighted by atomic mass is 16.2. The Morgan fingerprint density at radius 3 is 2.43 bits per heavy atom. The summed E-state index contributed by atoms with van der Waals surface area (Å²) in [4.78, 5) is 16.8. The largest absolute Gasteiger partial charge is 0.352 e. The molecule has 4 rings (SSSR count). The summed E-state index contributed by atoms with van der Waals surface area (Å²) < 4.78 is 0. The fourth-order valence-electron chi connectivity index (χ4n) is 4.47. The highest BCUT2D eigenvalue weighted by Crippen LogP contribution is 2.29. The van der Waals surface area contributed by atoms with Crippen LogP contribution >= 0.6 is 0 Å². The van der Waals surface area contributed by atoms with E-state index in [1.54, 1.807) is 0 Å². The van der Waals surface area contributed by atoms with Crippen molar-refractivity contribution >= 4 is 11.7 Å². The van der Waals surface area contributed by atoms with E-state index in [2.05, 4.69) is 34.2 Å². The lowest BCUT2D eigenvalue weighted by Crippen LogP contribution is -2.49. The Labute approximate surface area is 167 Å². The number of nitrogens with zero attached hydrogens (tertiary/aromatic N) is 4. The van der Waals surface area contributed by atoms with Gasteiger partial charge in [-0.05, 0) is 37.0 Å². The van der Waals surface area contributed by atoms with Crippen LogP contribution in [0, 0.1) is 12.8 Å². The molecule has 2 aliphatic rings. The minimum atomic E-state index is 0.326. The van der Waals surface area contributed by atoms with E-state index in [9.17, 15) is 4.79 Å². The standard InChI is InChI=1S/C23H30N4O/c1-18-6-2-5-9-20(18)21-11-12-22(25-24-21)26-14-16-27(17-15-26)23(28)13-10-19-7-3-4-8-19/h2,5-6,9,11-12,19H,3-4,7-8,10,13-17H2,1H3. The molecule has 28 heavy (non-hydrogen) atoms. The molecule has 0 radical (unpaired) electrons. The number of benzene rings is 1. The highest BCUT2D eigenvalue weighted by molar-refractivity contribution is 5.76. The summed E-state index contributed by atoms with van der Waals surface area (Å²) >= 11 is 0. The van der Waals surface area contributed by atoms with E-state index in [0.29, 0.717) is 5.91 Å². The summed E-state index contributed by atoms with van der Waals surface area (Å²) in [6.45, 7) is 5.31. The van der Waals surface area contributed by atoms with Crippen molar-refractivity contribution in [1.29, 1.82) is 0 Å². The minimum Gasteiger partial charge on any atom is -0.352 e. The molecule has 1 aliphatic carbocycles. The van der Waals surface area contributed by atoms with Crippen molar-refractivity contribution in [2.45, 2.75) is 45.4 Å². The first kappa shape index (κ1) is 18.9. The quantitative estimate of drug-likeness (QED) is 0.787. The Hall–Kier alpha value is -2.43. The normalized spacial score (nSPS) is 17.9. The molecular formula is C23H30N4O. The number of carbonyl (C=O) groups is 1. The summed E-state index contributed by atoms with van der Waals surface area (Å²) in [5, 5.41) is 8.89. The molecule has 5 heteroatoms. The molecule has 1 aromatic carbocycles. The van der Waals surface area contributed by atoms with Gasteiger partial charge in [-0.1, -0.05) is 49.9 Å². The highest BCUT2D eigenvalue weighted by Gasteiger charge is 2.23. The van der Waals surface area contributed by atoms with Gasteiger partial charge in [0, 0.05) is 38.2 Å². The van der Waals surface area contributed by atoms with Gasteiger partial charge >= 0.3 is 0 Å². The molecule has 148 valence electrons. The SMILES string of the molecule is Cc1ccccc1-c1ccc(N2CCN(C(=O)CCC3CCCC3)CC2)nn1. The summed E-state index contributed by atoms with van der Waals surface area (Å²) in [5.41, 5.74) is 3.23. The number of amides is 1. The number of aromatic nitrogens is 2. The van der Waals surface area contributed by atoms with Gasteiger partial charge in [0.05, 0.1) is 5.69 Å². The molecule has 5 nitrogen and oxygen atoms in total. The maximum Gasteiger partial charge on any atom is 0.222 e. The fourth-order valence-corrected chi connectivity index (χ4v) is 4.47. The molecule has 2 aromatic rings. The average Bonchev–Trinajstić information content (AvgIpc) is 3.26. The van der Waals surface area contributed by atoms with Crippen LogP contribution in [0.1, 0.15) is 44.1 Å². The van der Waals surface area contributed by atoms with Crippen LogP contribution in [-0.4, -0.2) is 47.2 Å². The van der Waals surface area contributed by atoms with Crippen molar-refractivity contribution < 1.29 is 4.79 Å². The lowest BCUT2D eigenvalue weighted by Gasteiger charge is -2.35. The van der Waals surface area contributed by atoms with Gasteiger partial charge in [-0.25, -0.2) is 0 Å². The van der Waals surface area contributed by atoms with Crippen molar-refractivity contribution in [2.24, 2.45) is 5.92 Å². The zero-order chi connectivity index (χ0) is 19.3. The summed E-state index contributed by atoms with van der Waals surface area (Å²) in [5.74, 6) is 2.01. The molecule has 1 aromatic heterocycles. The van der Waals surface area contributed by atoms with Gasteiger partial charge in [0.25, 0.3) is 0 Å². The molecule has 2 fully saturated rings. The summed E-state index contributed by atoms with van der Waals surface area (Å²) in [6, 6.07) is 12.3. The first-order valence-electron chi connectivity index (χ1n) is 10.6. The van der Waals surface area contributed by atoms with Crippen LogP contribution in [0.3, 0.4) is 0 Å². The third-order valence-electron chi connectivity index (χ3n) is 6.27. The molecule has 0 bridgehead atoms. The van der Waals surface area contributed by atoms with Crippen LogP contribution < -0.4 is 4.90 Å². The second-order valence-corrected chi connectivity index (χ2v) is 8.15. The zero-order valence-corrected chi connectivity index (χ0v) is 16.8. The van der Waals surface area contributed by atoms with Gasteiger partial charge < -0.3 is 9.80 Å². The lowest BCUT2D eigenvalue weighted by atomic mass is 10.0. The van der Waals surface area contributed by atoms with Gasteiger partial charge in [0.15, 0.2) is 5.82 Å². The van der Waals surface area contributed by atoms with Crippen LogP contribution in [0.25, 0.3) is 11.3 Å². The van der Waals surface area contributed by atoms with Crippen LogP contribution in [0.15, 0.2) is 36.4 Å². The summed E-state index contributed by atoms with van der Waals surface area (Å²) in [6.07, 6.45) is 7.12. The summed E-state index contributed by atoms with van der Waals surface area (Å²) in [7, 11) is 0. The predicted octanol–water partition coefficient (Wildman–Crippen LogP) is 4.07. The number of piperazine rings is 1. The Bertz CT molecular complexity index is 791. The number of rotatable bonds is 5. The first-order chi connectivity index (χ1) is 13.7. The van der Waals surface area contributed by atoms with E-state index >= 15 is 0 Å². The number of carbonyl (C=O) groups excluding carboxylic acids is 1. The van der Waals surface area contributed by atoms with E-state index in [1.807, 2.05) is 29.2 Å². The van der Waals surface area contributed by atoms with Gasteiger partial charge in [0.2, 0.25) is 5.91 Å². The molecule has 0 spiro atoms. The van der Waals surface area contributed by atoms with Crippen LogP contribution in [-0.2, 0) is 4.79 Å². The predicted molar refractivity (Wildman–Crippen MR) is 112 cm³/mol. The molecule has 0 unspecified atom stereocenters. The van der Waals surface area contributed by atoms with Crippen molar-refractivity contribution in [3.05, 3.63) is 42.0 Å².